The predicted molar refractivity (Wildman–Crippen MR) is 193 cm³/mol. The van der Waals surface area contributed by atoms with Gasteiger partial charge in [-0.25, -0.2) is 9.59 Å². The number of esters is 1. The van der Waals surface area contributed by atoms with E-state index in [4.69, 9.17) is 23.7 Å². The fourth-order valence-corrected chi connectivity index (χ4v) is 6.04. The maximum Gasteiger partial charge on any atom is 0.337 e. The van der Waals surface area contributed by atoms with E-state index < -0.39 is 24.3 Å². The van der Waals surface area contributed by atoms with E-state index in [1.807, 2.05) is 31.2 Å². The van der Waals surface area contributed by atoms with E-state index in [-0.39, 0.29) is 12.2 Å². The molecule has 0 saturated carbocycles. The van der Waals surface area contributed by atoms with Crippen molar-refractivity contribution in [2.24, 2.45) is 5.10 Å². The zero-order chi connectivity index (χ0) is 34.9. The number of aliphatic hydroxyl groups is 1. The molecule has 1 aliphatic heterocycles. The van der Waals surface area contributed by atoms with E-state index in [0.717, 1.165) is 20.1 Å². The van der Waals surface area contributed by atoms with Crippen LogP contribution in [-0.4, -0.2) is 57.0 Å². The molecule has 0 aromatic heterocycles. The average molecular weight is 781 g/mol. The summed E-state index contributed by atoms with van der Waals surface area (Å²) in [5.74, 6) is 1.33. The van der Waals surface area contributed by atoms with E-state index in [1.165, 1.54) is 12.5 Å². The van der Waals surface area contributed by atoms with Gasteiger partial charge in [0, 0.05) is 5.70 Å². The summed E-state index contributed by atoms with van der Waals surface area (Å²) in [5.41, 5.74) is 5.68. The molecule has 0 aliphatic carbocycles. The van der Waals surface area contributed by atoms with Gasteiger partial charge in [0.25, 0.3) is 0 Å². The van der Waals surface area contributed by atoms with Gasteiger partial charge in [-0.05, 0) is 94.2 Å². The van der Waals surface area contributed by atoms with E-state index >= 15 is 0 Å². The summed E-state index contributed by atoms with van der Waals surface area (Å²) in [5, 5.41) is 22.4. The molecule has 4 N–H and O–H groups in total. The lowest BCUT2D eigenvalue weighted by Crippen LogP contribution is -2.45. The topological polar surface area (TPSA) is 149 Å². The van der Waals surface area contributed by atoms with Crippen molar-refractivity contribution in [1.82, 2.24) is 16.1 Å². The van der Waals surface area contributed by atoms with Gasteiger partial charge in [0.2, 0.25) is 0 Å². The number of nitrogens with zero attached hydrogens (tertiary/aromatic N) is 1. The molecule has 2 atom stereocenters. The van der Waals surface area contributed by atoms with Gasteiger partial charge in [-0.3, -0.25) is 5.43 Å². The Morgan fingerprint density at radius 1 is 1.00 bits per heavy atom. The van der Waals surface area contributed by atoms with Crippen molar-refractivity contribution in [2.45, 2.75) is 32.7 Å². The molecule has 0 bridgehead atoms. The van der Waals surface area contributed by atoms with Crippen LogP contribution in [0.25, 0.3) is 10.8 Å². The van der Waals surface area contributed by atoms with Crippen LogP contribution in [-0.2, 0) is 16.1 Å². The fourth-order valence-electron chi connectivity index (χ4n) is 5.26. The highest BCUT2D eigenvalue weighted by atomic mass is 127. The number of urea groups is 1. The maximum atomic E-state index is 12.5. The monoisotopic (exact) mass is 780 g/mol. The Morgan fingerprint density at radius 3 is 2.55 bits per heavy atom. The first-order chi connectivity index (χ1) is 23.7. The van der Waals surface area contributed by atoms with Gasteiger partial charge < -0.3 is 39.4 Å². The van der Waals surface area contributed by atoms with E-state index in [1.54, 1.807) is 44.5 Å². The fraction of sp³-hybridized carbons (Fsp3) is 0.250. The molecule has 4 aromatic carbocycles. The first-order valence-corrected chi connectivity index (χ1v) is 16.5. The van der Waals surface area contributed by atoms with E-state index in [2.05, 4.69) is 68.0 Å². The highest BCUT2D eigenvalue weighted by Gasteiger charge is 2.32. The Hall–Kier alpha value is -5.02. The number of allylic oxidation sites excluding steroid dienone is 1. The number of hydrazone groups is 1. The second-order valence-corrected chi connectivity index (χ2v) is 12.1. The number of methoxy groups -OCH3 is 2. The number of carbonyl (C=O) groups is 2. The van der Waals surface area contributed by atoms with Gasteiger partial charge in [-0.1, -0.05) is 42.5 Å². The second-order valence-electron chi connectivity index (χ2n) is 10.9. The lowest BCUT2D eigenvalue weighted by molar-refractivity contribution is -0.136. The highest BCUT2D eigenvalue weighted by Crippen LogP contribution is 2.36. The summed E-state index contributed by atoms with van der Waals surface area (Å²) < 4.78 is 29.2. The summed E-state index contributed by atoms with van der Waals surface area (Å²) in [6, 6.07) is 21.9. The SMILES string of the molecule is CCOc1cc([C@@H]2NC(=O)NC(C)=C2C(=O)OC)ccc1OC[C@@H](O)N/N=C\c1cc(I)c(OCc2ccc3ccccc3c2)c(OC)c1. The van der Waals surface area contributed by atoms with Crippen LogP contribution in [0.4, 0.5) is 4.79 Å². The van der Waals surface area contributed by atoms with Crippen LogP contribution in [0.5, 0.6) is 23.0 Å². The number of benzene rings is 4. The van der Waals surface area contributed by atoms with Gasteiger partial charge in [0.15, 0.2) is 29.2 Å². The Balaban J connectivity index is 1.20. The third-order valence-corrected chi connectivity index (χ3v) is 8.36. The molecular weight excluding hydrogens is 743 g/mol. The highest BCUT2D eigenvalue weighted by molar-refractivity contribution is 14.1. The molecule has 256 valence electrons. The van der Waals surface area contributed by atoms with Crippen molar-refractivity contribution in [3.8, 4) is 23.0 Å². The van der Waals surface area contributed by atoms with E-state index in [9.17, 15) is 14.7 Å². The zero-order valence-corrected chi connectivity index (χ0v) is 29.6. The minimum Gasteiger partial charge on any atom is -0.493 e. The van der Waals surface area contributed by atoms with Crippen LogP contribution >= 0.6 is 22.6 Å². The third-order valence-electron chi connectivity index (χ3n) is 7.56. The minimum atomic E-state index is -1.16. The van der Waals surface area contributed by atoms with Crippen molar-refractivity contribution in [3.05, 3.63) is 104 Å². The molecular formula is C36H37IN4O8. The molecule has 0 radical (unpaired) electrons. The zero-order valence-electron chi connectivity index (χ0n) is 27.4. The number of fused-ring (bicyclic) bond motifs is 1. The molecule has 1 aliphatic rings. The van der Waals surface area contributed by atoms with Gasteiger partial charge in [-0.15, -0.1) is 0 Å². The first kappa shape index (κ1) is 35.3. The molecule has 0 fully saturated rings. The van der Waals surface area contributed by atoms with Crippen LogP contribution in [0.1, 0.15) is 36.6 Å². The van der Waals surface area contributed by atoms with Gasteiger partial charge in [-0.2, -0.15) is 5.10 Å². The number of carbonyl (C=O) groups excluding carboxylic acids is 2. The molecule has 4 aromatic rings. The summed E-state index contributed by atoms with van der Waals surface area (Å²) >= 11 is 2.19. The lowest BCUT2D eigenvalue weighted by atomic mass is 9.95. The lowest BCUT2D eigenvalue weighted by Gasteiger charge is -2.28. The molecule has 5 rings (SSSR count). The standard InChI is InChI=1S/C36H37IN4O8/c1-5-47-29-17-26(33-32(35(43)46-4)21(2)39-36(44)40-33)12-13-28(29)48-20-31(42)41-38-18-23-15-27(37)34(30(16-23)45-3)49-19-22-10-11-24-8-6-7-9-25(24)14-22/h6-18,31,33,41-42H,5,19-20H2,1-4H3,(H2,39,40,44)/b38-18-/t31-,33+/m1/s1. The summed E-state index contributed by atoms with van der Waals surface area (Å²) in [6.45, 7) is 4.00. The summed E-state index contributed by atoms with van der Waals surface area (Å²) in [6.07, 6.45) is 0.402. The molecule has 0 saturated heterocycles. The average Bonchev–Trinajstić information content (AvgIpc) is 3.09. The van der Waals surface area contributed by atoms with Gasteiger partial charge in [0.1, 0.15) is 13.2 Å². The first-order valence-electron chi connectivity index (χ1n) is 15.4. The van der Waals surface area contributed by atoms with Gasteiger partial charge in [0.05, 0.1) is 42.2 Å². The normalized spacial score (nSPS) is 15.0. The van der Waals surface area contributed by atoms with Crippen LogP contribution in [0, 0.1) is 3.57 Å². The molecule has 13 heteroatoms. The Morgan fingerprint density at radius 2 is 1.80 bits per heavy atom. The van der Waals surface area contributed by atoms with Crippen LogP contribution in [0.15, 0.2) is 89.2 Å². The van der Waals surface area contributed by atoms with Crippen molar-refractivity contribution in [2.75, 3.05) is 27.4 Å². The number of hydrogen-bond donors (Lipinski definition) is 4. The van der Waals surface area contributed by atoms with Crippen molar-refractivity contribution < 1.29 is 38.4 Å². The Kier molecular flexibility index (Phi) is 11.8. The molecule has 49 heavy (non-hydrogen) atoms. The maximum absolute atomic E-state index is 12.5. The Labute approximate surface area is 297 Å². The summed E-state index contributed by atoms with van der Waals surface area (Å²) in [7, 11) is 2.86. The molecule has 0 unspecified atom stereocenters. The largest absolute Gasteiger partial charge is 0.493 e. The predicted octanol–water partition coefficient (Wildman–Crippen LogP) is 5.55. The molecule has 12 nitrogen and oxygen atoms in total. The number of amides is 2. The number of halogens is 1. The second kappa shape index (κ2) is 16.4. The van der Waals surface area contributed by atoms with Crippen molar-refractivity contribution >= 4 is 51.6 Å². The van der Waals surface area contributed by atoms with Gasteiger partial charge >= 0.3 is 12.0 Å². The Bertz CT molecular complexity index is 1900. The third kappa shape index (κ3) is 8.72. The molecule has 1 heterocycles. The van der Waals surface area contributed by atoms with Crippen LogP contribution < -0.4 is 35.0 Å². The smallest absolute Gasteiger partial charge is 0.337 e. The van der Waals surface area contributed by atoms with Crippen molar-refractivity contribution in [1.29, 1.82) is 0 Å². The van der Waals surface area contributed by atoms with Crippen LogP contribution in [0.3, 0.4) is 0 Å². The summed E-state index contributed by atoms with van der Waals surface area (Å²) in [4.78, 5) is 24.7. The number of ether oxygens (including phenoxy) is 5. The number of nitrogens with one attached hydrogen (secondary N) is 3. The van der Waals surface area contributed by atoms with Crippen molar-refractivity contribution in [3.63, 3.8) is 0 Å². The number of hydrogen-bond acceptors (Lipinski definition) is 10. The minimum absolute atomic E-state index is 0.157. The van der Waals surface area contributed by atoms with E-state index in [0.29, 0.717) is 47.5 Å². The van der Waals surface area contributed by atoms with Crippen LogP contribution in [0.2, 0.25) is 0 Å². The molecule has 0 spiro atoms. The quantitative estimate of drug-likeness (QED) is 0.0425. The number of aliphatic hydroxyl groups excluding tert-OH is 1. The molecule has 2 amide bonds. The number of rotatable bonds is 14.